The minimum absolute atomic E-state index is 0.847. The second-order valence-electron chi connectivity index (χ2n) is 5.98. The Morgan fingerprint density at radius 1 is 1.00 bits per heavy atom. The number of morpholine rings is 1. The van der Waals surface area contributed by atoms with Gasteiger partial charge in [-0.15, -0.1) is 11.3 Å². The second-order valence-corrected chi connectivity index (χ2v) is 6.92. The van der Waals surface area contributed by atoms with E-state index < -0.39 is 0 Å². The van der Waals surface area contributed by atoms with E-state index >= 15 is 0 Å². The van der Waals surface area contributed by atoms with Crippen LogP contribution in [0.2, 0.25) is 0 Å². The molecular formula is C19H21N3OS. The molecule has 0 spiro atoms. The molecule has 0 aliphatic carbocycles. The summed E-state index contributed by atoms with van der Waals surface area (Å²) in [6.07, 6.45) is 2.08. The van der Waals surface area contributed by atoms with Crippen molar-refractivity contribution >= 4 is 11.3 Å². The topological polar surface area (TPSA) is 30.3 Å². The molecule has 2 aromatic heterocycles. The second kappa shape index (κ2) is 7.30. The number of nitrogens with zero attached hydrogens (tertiary/aromatic N) is 3. The van der Waals surface area contributed by atoms with Crippen LogP contribution in [-0.2, 0) is 11.3 Å². The first-order valence-electron chi connectivity index (χ1n) is 8.36. The number of thiophene rings is 1. The lowest BCUT2D eigenvalue weighted by Gasteiger charge is -2.26. The minimum Gasteiger partial charge on any atom is -0.379 e. The van der Waals surface area contributed by atoms with Gasteiger partial charge in [0.15, 0.2) is 0 Å². The molecule has 5 heteroatoms. The lowest BCUT2D eigenvalue weighted by Crippen LogP contribution is -2.38. The van der Waals surface area contributed by atoms with Crippen molar-refractivity contribution in [2.75, 3.05) is 32.8 Å². The molecule has 0 saturated carbocycles. The van der Waals surface area contributed by atoms with Crippen LogP contribution in [0.25, 0.3) is 21.7 Å². The van der Waals surface area contributed by atoms with E-state index in [0.717, 1.165) is 45.1 Å². The summed E-state index contributed by atoms with van der Waals surface area (Å²) in [6.45, 7) is 5.69. The summed E-state index contributed by atoms with van der Waals surface area (Å²) < 4.78 is 7.44. The third kappa shape index (κ3) is 3.59. The summed E-state index contributed by atoms with van der Waals surface area (Å²) >= 11 is 1.77. The quantitative estimate of drug-likeness (QED) is 0.711. The molecule has 1 fully saturated rings. The van der Waals surface area contributed by atoms with Crippen molar-refractivity contribution in [2.24, 2.45) is 0 Å². The van der Waals surface area contributed by atoms with Gasteiger partial charge in [-0.2, -0.15) is 5.10 Å². The van der Waals surface area contributed by atoms with E-state index in [1.165, 1.54) is 16.0 Å². The van der Waals surface area contributed by atoms with Crippen LogP contribution in [0.15, 0.2) is 54.0 Å². The first-order chi connectivity index (χ1) is 11.9. The molecule has 0 amide bonds. The molecular weight excluding hydrogens is 318 g/mol. The summed E-state index contributed by atoms with van der Waals surface area (Å²) in [4.78, 5) is 3.73. The lowest BCUT2D eigenvalue weighted by atomic mass is 10.1. The Morgan fingerprint density at radius 3 is 2.71 bits per heavy atom. The number of ether oxygens (including phenoxy) is 1. The van der Waals surface area contributed by atoms with Gasteiger partial charge in [-0.1, -0.05) is 24.3 Å². The third-order valence-corrected chi connectivity index (χ3v) is 5.27. The fraction of sp³-hybridized carbons (Fsp3) is 0.316. The van der Waals surface area contributed by atoms with Crippen molar-refractivity contribution in [1.82, 2.24) is 14.7 Å². The van der Waals surface area contributed by atoms with Gasteiger partial charge in [-0.25, -0.2) is 0 Å². The van der Waals surface area contributed by atoms with Gasteiger partial charge in [-0.3, -0.25) is 9.58 Å². The maximum absolute atomic E-state index is 5.39. The van der Waals surface area contributed by atoms with Gasteiger partial charge in [-0.05, 0) is 29.1 Å². The predicted molar refractivity (Wildman–Crippen MR) is 98.2 cm³/mol. The summed E-state index contributed by atoms with van der Waals surface area (Å²) in [5.41, 5.74) is 3.46. The van der Waals surface area contributed by atoms with Crippen molar-refractivity contribution in [3.05, 3.63) is 54.0 Å². The van der Waals surface area contributed by atoms with Gasteiger partial charge in [0.05, 0.1) is 25.5 Å². The largest absolute Gasteiger partial charge is 0.379 e. The Hall–Kier alpha value is -1.95. The fourth-order valence-electron chi connectivity index (χ4n) is 2.98. The van der Waals surface area contributed by atoms with Crippen LogP contribution in [0.5, 0.6) is 0 Å². The van der Waals surface area contributed by atoms with Crippen LogP contribution in [0.1, 0.15) is 0 Å². The van der Waals surface area contributed by atoms with Crippen LogP contribution in [0.3, 0.4) is 0 Å². The molecule has 0 N–H and O–H groups in total. The molecule has 0 atom stereocenters. The van der Waals surface area contributed by atoms with E-state index in [4.69, 9.17) is 9.84 Å². The van der Waals surface area contributed by atoms with E-state index in [1.807, 2.05) is 4.68 Å². The summed E-state index contributed by atoms with van der Waals surface area (Å²) in [5, 5.41) is 6.86. The van der Waals surface area contributed by atoms with Crippen LogP contribution in [0.4, 0.5) is 0 Å². The average Bonchev–Trinajstić information content (AvgIpc) is 3.33. The molecule has 4 rings (SSSR count). The number of aromatic nitrogens is 2. The normalized spacial score (nSPS) is 15.7. The number of rotatable bonds is 5. The smallest absolute Gasteiger partial charge is 0.0923 e. The van der Waals surface area contributed by atoms with E-state index in [1.54, 1.807) is 11.3 Å². The van der Waals surface area contributed by atoms with E-state index in [-0.39, 0.29) is 0 Å². The molecule has 1 aromatic carbocycles. The molecule has 1 aliphatic heterocycles. The molecule has 0 bridgehead atoms. The van der Waals surface area contributed by atoms with Gasteiger partial charge in [0.1, 0.15) is 0 Å². The zero-order valence-corrected chi connectivity index (χ0v) is 14.4. The number of benzene rings is 1. The van der Waals surface area contributed by atoms with E-state index in [2.05, 4.69) is 58.9 Å². The van der Waals surface area contributed by atoms with Gasteiger partial charge >= 0.3 is 0 Å². The molecule has 0 unspecified atom stereocenters. The average molecular weight is 339 g/mol. The highest BCUT2D eigenvalue weighted by molar-refractivity contribution is 7.13. The van der Waals surface area contributed by atoms with Crippen LogP contribution >= 0.6 is 11.3 Å². The van der Waals surface area contributed by atoms with Crippen LogP contribution in [0, 0.1) is 0 Å². The third-order valence-electron chi connectivity index (χ3n) is 4.35. The van der Waals surface area contributed by atoms with Crippen molar-refractivity contribution in [3.8, 4) is 21.7 Å². The van der Waals surface area contributed by atoms with Crippen LogP contribution in [-0.4, -0.2) is 47.5 Å². The molecule has 0 radical (unpaired) electrons. The molecule has 3 heterocycles. The van der Waals surface area contributed by atoms with E-state index in [0.29, 0.717) is 0 Å². The first-order valence-corrected chi connectivity index (χ1v) is 9.24. The van der Waals surface area contributed by atoms with Crippen molar-refractivity contribution in [1.29, 1.82) is 0 Å². The Balaban J connectivity index is 1.45. The zero-order valence-electron chi connectivity index (χ0n) is 13.6. The first kappa shape index (κ1) is 15.6. The molecule has 1 aliphatic rings. The van der Waals surface area contributed by atoms with Gasteiger partial charge in [0.2, 0.25) is 0 Å². The highest BCUT2D eigenvalue weighted by Gasteiger charge is 2.10. The predicted octanol–water partition coefficient (Wildman–Crippen LogP) is 3.61. The molecule has 1 saturated heterocycles. The Labute approximate surface area is 146 Å². The molecule has 3 aromatic rings. The Bertz CT molecular complexity index is 776. The monoisotopic (exact) mass is 339 g/mol. The van der Waals surface area contributed by atoms with Crippen molar-refractivity contribution in [3.63, 3.8) is 0 Å². The van der Waals surface area contributed by atoms with Crippen molar-refractivity contribution < 1.29 is 4.74 Å². The standard InChI is InChI=1S/C19H21N3OS/c1-3-16(15-17(4-1)19-5-2-14-24-19)18-6-7-22(20-18)9-8-21-10-12-23-13-11-21/h1-7,14-15H,8-13H2. The molecule has 124 valence electrons. The summed E-state index contributed by atoms with van der Waals surface area (Å²) in [6, 6.07) is 15.0. The van der Waals surface area contributed by atoms with Gasteiger partial charge < -0.3 is 4.74 Å². The van der Waals surface area contributed by atoms with E-state index in [9.17, 15) is 0 Å². The van der Waals surface area contributed by atoms with Crippen LogP contribution < -0.4 is 0 Å². The highest BCUT2D eigenvalue weighted by Crippen LogP contribution is 2.28. The minimum atomic E-state index is 0.847. The maximum atomic E-state index is 5.39. The lowest BCUT2D eigenvalue weighted by molar-refractivity contribution is 0.0360. The number of hydrogen-bond donors (Lipinski definition) is 0. The summed E-state index contributed by atoms with van der Waals surface area (Å²) in [7, 11) is 0. The maximum Gasteiger partial charge on any atom is 0.0923 e. The highest BCUT2D eigenvalue weighted by atomic mass is 32.1. The fourth-order valence-corrected chi connectivity index (χ4v) is 3.71. The SMILES string of the molecule is c1cc(-c2ccn(CCN3CCOCC3)n2)cc(-c2cccs2)c1. The summed E-state index contributed by atoms with van der Waals surface area (Å²) in [5.74, 6) is 0. The molecule has 4 nitrogen and oxygen atoms in total. The van der Waals surface area contributed by atoms with Crippen molar-refractivity contribution in [2.45, 2.75) is 6.54 Å². The Morgan fingerprint density at radius 2 is 1.88 bits per heavy atom. The molecule has 24 heavy (non-hydrogen) atoms. The Kier molecular flexibility index (Phi) is 4.74. The zero-order chi connectivity index (χ0) is 16.2. The van der Waals surface area contributed by atoms with Gasteiger partial charge in [0.25, 0.3) is 0 Å². The number of hydrogen-bond acceptors (Lipinski definition) is 4. The van der Waals surface area contributed by atoms with Gasteiger partial charge in [0, 0.05) is 36.3 Å².